The minimum atomic E-state index is -0.904. The zero-order chi connectivity index (χ0) is 48.1. The number of methoxy groups -OCH3 is 1. The second-order valence-corrected chi connectivity index (χ2v) is 20.5. The molecule has 0 aromatic heterocycles. The molecule has 6 atom stereocenters. The van der Waals surface area contributed by atoms with Gasteiger partial charge in [-0.1, -0.05) is 80.1 Å². The van der Waals surface area contributed by atoms with E-state index in [0.29, 0.717) is 59.0 Å². The fraction of sp³-hybridized carbons (Fsp3) is 0.404. The molecule has 5 amide bonds. The Kier molecular flexibility index (Phi) is 13.0. The van der Waals surface area contributed by atoms with Gasteiger partial charge in [0.05, 0.1) is 30.4 Å². The number of likely N-dealkylation sites (tertiary alicyclic amines) is 1. The van der Waals surface area contributed by atoms with Crippen molar-refractivity contribution in [1.82, 2.24) is 25.8 Å². The lowest BCUT2D eigenvalue weighted by molar-refractivity contribution is -0.137. The molecule has 5 aliphatic heterocycles. The minimum Gasteiger partial charge on any atom is -0.495 e. The van der Waals surface area contributed by atoms with E-state index in [2.05, 4.69) is 64.1 Å². The molecule has 354 valence electrons. The number of carbonyl (C=O) groups is 5. The molecule has 5 heterocycles. The highest BCUT2D eigenvalue weighted by atomic mass is 35.5. The Morgan fingerprint density at radius 3 is 2.60 bits per heavy atom. The first-order valence-electron chi connectivity index (χ1n) is 23.1. The van der Waals surface area contributed by atoms with Crippen molar-refractivity contribution in [2.45, 2.75) is 94.9 Å². The Morgan fingerprint density at radius 1 is 1.01 bits per heavy atom. The molecule has 3 saturated heterocycles. The molecule has 1 spiro atoms. The van der Waals surface area contributed by atoms with E-state index in [1.807, 2.05) is 24.3 Å². The number of piperidine rings is 2. The van der Waals surface area contributed by atoms with Gasteiger partial charge in [0, 0.05) is 76.9 Å². The summed E-state index contributed by atoms with van der Waals surface area (Å²) in [5.41, 5.74) is 3.89. The van der Waals surface area contributed by atoms with Gasteiger partial charge in [0.2, 0.25) is 17.7 Å². The lowest BCUT2D eigenvalue weighted by atomic mass is 9.63. The molecule has 5 N–H and O–H groups in total. The highest BCUT2D eigenvalue weighted by Crippen LogP contribution is 2.56. The average Bonchev–Trinajstić information content (AvgIpc) is 3.95. The highest BCUT2D eigenvalue weighted by molar-refractivity contribution is 6.31. The normalized spacial score (nSPS) is 24.4. The second-order valence-electron chi connectivity index (χ2n) is 19.7. The number of amides is 5. The summed E-state index contributed by atoms with van der Waals surface area (Å²) >= 11 is 12.9. The summed E-state index contributed by atoms with van der Waals surface area (Å²) in [5, 5.41) is 16.3. The standard InChI is InChI=1S/C52H54Cl2FN7O6/c1-51(2,3)25-42-52(28-56-39-24-31(53)16-17-36(39)52)44(34-13-6-14-37(54)45(34)55)46(59-42)49(66)58-38-18-15-30(23-41(38)68-4)47(64)57-32-11-8-22-61(26-32)21-7-10-29-9-5-12-33-35(29)27-62(50(33)67)40-19-20-43(63)60-48(40)65/h5-6,9,12-18,23-24,32,40,42,44,46,56,59H,8,11,19-22,25-28H2,1-4H3,(H,57,64)(H,58,66)(H,60,63,65)/t32-,40?,42+,44+,46-,52+/m1/s1. The fourth-order valence-corrected chi connectivity index (χ4v) is 11.3. The number of nitrogens with zero attached hydrogens (tertiary/aromatic N) is 2. The molecular weight excluding hydrogens is 909 g/mol. The molecule has 4 aromatic rings. The first kappa shape index (κ1) is 47.1. The van der Waals surface area contributed by atoms with Gasteiger partial charge >= 0.3 is 0 Å². The monoisotopic (exact) mass is 961 g/mol. The van der Waals surface area contributed by atoms with E-state index in [4.69, 9.17) is 27.9 Å². The van der Waals surface area contributed by atoms with Crippen LogP contribution in [0.15, 0.2) is 72.8 Å². The van der Waals surface area contributed by atoms with Crippen molar-refractivity contribution < 1.29 is 33.1 Å². The third-order valence-corrected chi connectivity index (χ3v) is 14.6. The molecule has 68 heavy (non-hydrogen) atoms. The van der Waals surface area contributed by atoms with Crippen molar-refractivity contribution in [3.63, 3.8) is 0 Å². The number of rotatable bonds is 9. The Labute approximate surface area is 405 Å². The van der Waals surface area contributed by atoms with E-state index >= 15 is 4.39 Å². The van der Waals surface area contributed by atoms with Crippen molar-refractivity contribution >= 4 is 64.1 Å². The number of anilines is 2. The zero-order valence-electron chi connectivity index (χ0n) is 38.4. The summed E-state index contributed by atoms with van der Waals surface area (Å²) in [7, 11) is 1.47. The van der Waals surface area contributed by atoms with Crippen LogP contribution in [0.4, 0.5) is 15.8 Å². The lowest BCUT2D eigenvalue weighted by Crippen LogP contribution is -2.52. The van der Waals surface area contributed by atoms with Gasteiger partial charge in [0.15, 0.2) is 0 Å². The highest BCUT2D eigenvalue weighted by Gasteiger charge is 2.61. The molecule has 0 bridgehead atoms. The van der Waals surface area contributed by atoms with Gasteiger partial charge in [-0.05, 0) is 103 Å². The first-order valence-corrected chi connectivity index (χ1v) is 23.8. The van der Waals surface area contributed by atoms with E-state index < -0.39 is 41.0 Å². The summed E-state index contributed by atoms with van der Waals surface area (Å²) in [5.74, 6) is 3.79. The Balaban J connectivity index is 0.882. The number of benzene rings is 4. The summed E-state index contributed by atoms with van der Waals surface area (Å²) < 4.78 is 22.1. The number of fused-ring (bicyclic) bond motifs is 3. The third kappa shape index (κ3) is 9.05. The molecule has 0 radical (unpaired) electrons. The van der Waals surface area contributed by atoms with Crippen molar-refractivity contribution in [2.24, 2.45) is 5.41 Å². The maximum absolute atomic E-state index is 16.3. The summed E-state index contributed by atoms with van der Waals surface area (Å²) in [4.78, 5) is 69.8. The van der Waals surface area contributed by atoms with Gasteiger partial charge < -0.3 is 30.9 Å². The molecule has 13 nitrogen and oxygen atoms in total. The number of hydrogen-bond donors (Lipinski definition) is 5. The molecule has 1 unspecified atom stereocenters. The predicted octanol–water partition coefficient (Wildman–Crippen LogP) is 7.01. The van der Waals surface area contributed by atoms with Crippen molar-refractivity contribution in [3.05, 3.63) is 122 Å². The number of hydrogen-bond acceptors (Lipinski definition) is 9. The van der Waals surface area contributed by atoms with Crippen LogP contribution in [-0.4, -0.2) is 96.8 Å². The molecule has 5 aliphatic rings. The summed E-state index contributed by atoms with van der Waals surface area (Å²) in [6.45, 7) is 8.92. The molecule has 0 saturated carbocycles. The van der Waals surface area contributed by atoms with Crippen LogP contribution >= 0.6 is 23.2 Å². The molecule has 4 aromatic carbocycles. The van der Waals surface area contributed by atoms with Gasteiger partial charge in [-0.15, -0.1) is 0 Å². The SMILES string of the molecule is COc1cc(C(=O)N[C@@H]2CCCN(CC#Cc3cccc4c3CN(C3CCC(=O)NC3=O)C4=O)C2)ccc1NC(=O)[C@@H]1N[C@@H](CC(C)(C)C)[C@@]2(CNc3cc(Cl)ccc32)[C@H]1c1cccc(Cl)c1F. The van der Waals surface area contributed by atoms with Gasteiger partial charge in [-0.25, -0.2) is 4.39 Å². The van der Waals surface area contributed by atoms with Crippen LogP contribution < -0.4 is 31.3 Å². The number of carbonyl (C=O) groups excluding carboxylic acids is 5. The Bertz CT molecular complexity index is 2790. The second kappa shape index (κ2) is 18.8. The van der Waals surface area contributed by atoms with E-state index in [1.54, 1.807) is 42.5 Å². The average molecular weight is 963 g/mol. The van der Waals surface area contributed by atoms with Crippen LogP contribution in [0.5, 0.6) is 5.75 Å². The lowest BCUT2D eigenvalue weighted by Gasteiger charge is -2.39. The van der Waals surface area contributed by atoms with Gasteiger partial charge in [0.1, 0.15) is 17.6 Å². The summed E-state index contributed by atoms with van der Waals surface area (Å²) in [6.07, 6.45) is 2.77. The molecule has 0 aliphatic carbocycles. The Hall–Kier alpha value is -5.98. The number of nitrogens with one attached hydrogen (secondary N) is 5. The van der Waals surface area contributed by atoms with E-state index in [-0.39, 0.29) is 65.4 Å². The smallest absolute Gasteiger partial charge is 0.255 e. The summed E-state index contributed by atoms with van der Waals surface area (Å²) in [6, 6.07) is 18.8. The van der Waals surface area contributed by atoms with Gasteiger partial charge in [-0.2, -0.15) is 0 Å². The van der Waals surface area contributed by atoms with E-state index in [0.717, 1.165) is 36.2 Å². The van der Waals surface area contributed by atoms with Gasteiger partial charge in [-0.3, -0.25) is 34.2 Å². The third-order valence-electron chi connectivity index (χ3n) is 14.0. The first-order chi connectivity index (χ1) is 32.5. The number of halogens is 3. The van der Waals surface area contributed by atoms with Crippen molar-refractivity contribution in [3.8, 4) is 17.6 Å². The van der Waals surface area contributed by atoms with Gasteiger partial charge in [0.25, 0.3) is 11.8 Å². The maximum Gasteiger partial charge on any atom is 0.255 e. The van der Waals surface area contributed by atoms with E-state index in [1.165, 1.54) is 18.1 Å². The minimum absolute atomic E-state index is 0.0307. The zero-order valence-corrected chi connectivity index (χ0v) is 39.9. The van der Waals surface area contributed by atoms with Crippen molar-refractivity contribution in [1.29, 1.82) is 0 Å². The van der Waals surface area contributed by atoms with E-state index in [9.17, 15) is 24.0 Å². The van der Waals surface area contributed by atoms with Crippen LogP contribution in [0.25, 0.3) is 0 Å². The fourth-order valence-electron chi connectivity index (χ4n) is 10.9. The predicted molar refractivity (Wildman–Crippen MR) is 258 cm³/mol. The van der Waals surface area contributed by atoms with Crippen LogP contribution in [0.1, 0.15) is 102 Å². The van der Waals surface area contributed by atoms with Crippen molar-refractivity contribution in [2.75, 3.05) is 43.9 Å². The van der Waals surface area contributed by atoms with Crippen LogP contribution in [0.2, 0.25) is 10.0 Å². The topological polar surface area (TPSA) is 161 Å². The number of imide groups is 1. The number of ether oxygens (including phenoxy) is 1. The quantitative estimate of drug-likeness (QED) is 0.0879. The molecule has 9 rings (SSSR count). The largest absolute Gasteiger partial charge is 0.495 e. The Morgan fingerprint density at radius 2 is 1.82 bits per heavy atom. The van der Waals surface area contributed by atoms with Crippen LogP contribution in [0.3, 0.4) is 0 Å². The molecule has 16 heteroatoms. The van der Waals surface area contributed by atoms with Crippen LogP contribution in [0, 0.1) is 23.1 Å². The molecular formula is C52H54Cl2FN7O6. The van der Waals surface area contributed by atoms with Crippen LogP contribution in [-0.2, 0) is 26.3 Å². The molecule has 3 fully saturated rings. The maximum atomic E-state index is 16.3.